The van der Waals surface area contributed by atoms with Crippen LogP contribution in [0.25, 0.3) is 11.1 Å². The first kappa shape index (κ1) is 14.7. The predicted molar refractivity (Wildman–Crippen MR) is 81.7 cm³/mol. The van der Waals surface area contributed by atoms with Crippen molar-refractivity contribution in [2.45, 2.75) is 6.42 Å². The van der Waals surface area contributed by atoms with Crippen molar-refractivity contribution in [3.05, 3.63) is 56.0 Å². The molecule has 0 N–H and O–H groups in total. The van der Waals surface area contributed by atoms with E-state index in [2.05, 4.69) is 0 Å². The molecule has 0 bridgehead atoms. The van der Waals surface area contributed by atoms with E-state index in [-0.39, 0.29) is 0 Å². The summed E-state index contributed by atoms with van der Waals surface area (Å²) in [6.07, 6.45) is 1.16. The second-order valence-electron chi connectivity index (χ2n) is 3.93. The highest BCUT2D eigenvalue weighted by atomic mass is 35.5. The first-order valence-corrected chi connectivity index (χ1v) is 6.91. The molecule has 2 rings (SSSR count). The topological polar surface area (TPSA) is 17.1 Å². The summed E-state index contributed by atoms with van der Waals surface area (Å²) in [7, 11) is 0. The molecule has 0 spiro atoms. The van der Waals surface area contributed by atoms with Gasteiger partial charge in [-0.1, -0.05) is 52.5 Å². The van der Waals surface area contributed by atoms with Crippen molar-refractivity contribution in [3.8, 4) is 11.1 Å². The molecule has 5 heteroatoms. The Bertz CT molecular complexity index is 638. The number of aldehydes is 1. The zero-order valence-electron chi connectivity index (χ0n) is 9.59. The fraction of sp³-hybridized carbons (Fsp3) is 0.0714. The average molecular weight is 334 g/mol. The molecule has 2 aromatic rings. The van der Waals surface area contributed by atoms with Gasteiger partial charge in [0.25, 0.3) is 0 Å². The zero-order chi connectivity index (χ0) is 14.0. The highest BCUT2D eigenvalue weighted by molar-refractivity contribution is 6.44. The molecule has 1 nitrogen and oxygen atoms in total. The van der Waals surface area contributed by atoms with Crippen LogP contribution < -0.4 is 0 Å². The van der Waals surface area contributed by atoms with Crippen LogP contribution in [-0.2, 0) is 11.2 Å². The van der Waals surface area contributed by atoms with Crippen LogP contribution >= 0.6 is 46.4 Å². The molecule has 0 atom stereocenters. The van der Waals surface area contributed by atoms with Gasteiger partial charge in [-0.15, -0.1) is 0 Å². The molecule has 19 heavy (non-hydrogen) atoms. The van der Waals surface area contributed by atoms with Gasteiger partial charge >= 0.3 is 0 Å². The number of rotatable bonds is 3. The second-order valence-corrected chi connectivity index (χ2v) is 5.56. The minimum absolute atomic E-state index is 0.323. The Balaban J connectivity index is 2.60. The minimum Gasteiger partial charge on any atom is -0.303 e. The summed E-state index contributed by atoms with van der Waals surface area (Å²) in [5.74, 6) is 0. The molecule has 0 saturated carbocycles. The number of hydrogen-bond acceptors (Lipinski definition) is 1. The van der Waals surface area contributed by atoms with Crippen LogP contribution in [0.15, 0.2) is 30.3 Å². The van der Waals surface area contributed by atoms with Gasteiger partial charge in [0.05, 0.1) is 15.1 Å². The van der Waals surface area contributed by atoms with Gasteiger partial charge in [0.1, 0.15) is 6.29 Å². The highest BCUT2D eigenvalue weighted by Gasteiger charge is 2.11. The molecule has 0 amide bonds. The Morgan fingerprint density at radius 1 is 0.789 bits per heavy atom. The van der Waals surface area contributed by atoms with E-state index in [0.717, 1.165) is 17.4 Å². The third kappa shape index (κ3) is 3.24. The number of hydrogen-bond donors (Lipinski definition) is 0. The maximum Gasteiger partial charge on any atom is 0.124 e. The van der Waals surface area contributed by atoms with Crippen LogP contribution in [-0.4, -0.2) is 6.29 Å². The summed E-state index contributed by atoms with van der Waals surface area (Å²) in [5, 5.41) is 1.78. The number of carbonyl (C=O) groups is 1. The zero-order valence-corrected chi connectivity index (χ0v) is 12.6. The van der Waals surface area contributed by atoms with Gasteiger partial charge in [-0.25, -0.2) is 0 Å². The van der Waals surface area contributed by atoms with E-state index in [4.69, 9.17) is 46.4 Å². The molecule has 98 valence electrons. The number of carbonyl (C=O) groups excluding carboxylic acids is 1. The lowest BCUT2D eigenvalue weighted by Crippen LogP contribution is -1.89. The molecule has 0 aromatic heterocycles. The largest absolute Gasteiger partial charge is 0.303 e. The molecule has 0 saturated heterocycles. The van der Waals surface area contributed by atoms with Gasteiger partial charge in [-0.2, -0.15) is 0 Å². The van der Waals surface area contributed by atoms with Crippen LogP contribution in [0.3, 0.4) is 0 Å². The van der Waals surface area contributed by atoms with E-state index in [1.165, 1.54) is 0 Å². The Labute approximate surface area is 131 Å². The summed E-state index contributed by atoms with van der Waals surface area (Å²) in [4.78, 5) is 10.6. The van der Waals surface area contributed by atoms with E-state index in [1.54, 1.807) is 24.3 Å². The van der Waals surface area contributed by atoms with Gasteiger partial charge < -0.3 is 4.79 Å². The lowest BCUT2D eigenvalue weighted by atomic mass is 10.0. The van der Waals surface area contributed by atoms with Gasteiger partial charge in [0.2, 0.25) is 0 Å². The molecule has 0 aliphatic heterocycles. The maximum atomic E-state index is 10.6. The normalized spacial score (nSPS) is 10.5. The van der Waals surface area contributed by atoms with E-state index in [0.29, 0.717) is 32.1 Å². The van der Waals surface area contributed by atoms with Gasteiger partial charge in [-0.05, 0) is 29.8 Å². The van der Waals surface area contributed by atoms with Crippen LogP contribution in [0, 0.1) is 0 Å². The SMILES string of the molecule is O=CCc1ccc(Cl)c(-c2cc(Cl)c(Cl)cc2Cl)c1. The summed E-state index contributed by atoms with van der Waals surface area (Å²) in [5.41, 5.74) is 2.27. The van der Waals surface area contributed by atoms with E-state index in [1.807, 2.05) is 6.07 Å². The summed E-state index contributed by atoms with van der Waals surface area (Å²) < 4.78 is 0. The van der Waals surface area contributed by atoms with Crippen LogP contribution in [0.5, 0.6) is 0 Å². The lowest BCUT2D eigenvalue weighted by Gasteiger charge is -2.10. The summed E-state index contributed by atoms with van der Waals surface area (Å²) >= 11 is 24.2. The first-order chi connectivity index (χ1) is 9.02. The molecule has 2 aromatic carbocycles. The molecule has 0 unspecified atom stereocenters. The standard InChI is InChI=1S/C14H8Cl4O/c15-11-2-1-8(3-4-19)5-9(11)10-6-13(17)14(18)7-12(10)16/h1-2,4-7H,3H2. The summed E-state index contributed by atoms with van der Waals surface area (Å²) in [6.45, 7) is 0. The lowest BCUT2D eigenvalue weighted by molar-refractivity contribution is -0.107. The van der Waals surface area contributed by atoms with Crippen LogP contribution in [0.4, 0.5) is 0 Å². The Morgan fingerprint density at radius 3 is 2.11 bits per heavy atom. The third-order valence-electron chi connectivity index (χ3n) is 2.65. The van der Waals surface area contributed by atoms with Crippen molar-refractivity contribution in [2.24, 2.45) is 0 Å². The van der Waals surface area contributed by atoms with Crippen molar-refractivity contribution in [1.29, 1.82) is 0 Å². The molecular weight excluding hydrogens is 326 g/mol. The third-order valence-corrected chi connectivity index (χ3v) is 4.01. The van der Waals surface area contributed by atoms with Crippen molar-refractivity contribution in [2.75, 3.05) is 0 Å². The van der Waals surface area contributed by atoms with Crippen LogP contribution in [0.1, 0.15) is 5.56 Å². The Morgan fingerprint density at radius 2 is 1.42 bits per heavy atom. The van der Waals surface area contributed by atoms with Gasteiger partial charge in [0, 0.05) is 22.6 Å². The minimum atomic E-state index is 0.323. The Kier molecular flexibility index (Phi) is 4.75. The van der Waals surface area contributed by atoms with Crippen molar-refractivity contribution in [1.82, 2.24) is 0 Å². The van der Waals surface area contributed by atoms with E-state index >= 15 is 0 Å². The number of halogens is 4. The molecule has 0 radical (unpaired) electrons. The average Bonchev–Trinajstić information content (AvgIpc) is 2.37. The highest BCUT2D eigenvalue weighted by Crippen LogP contribution is 2.38. The molecule has 0 aliphatic carbocycles. The molecule has 0 fully saturated rings. The summed E-state index contributed by atoms with van der Waals surface area (Å²) in [6, 6.07) is 8.59. The van der Waals surface area contributed by atoms with Gasteiger partial charge in [-0.3, -0.25) is 0 Å². The fourth-order valence-corrected chi connectivity index (χ4v) is 2.60. The van der Waals surface area contributed by atoms with Crippen molar-refractivity contribution < 1.29 is 4.79 Å². The predicted octanol–water partition coefficient (Wildman–Crippen LogP) is 5.71. The maximum absolute atomic E-state index is 10.6. The quantitative estimate of drug-likeness (QED) is 0.519. The van der Waals surface area contributed by atoms with Gasteiger partial charge in [0.15, 0.2) is 0 Å². The fourth-order valence-electron chi connectivity index (χ4n) is 1.73. The monoisotopic (exact) mass is 332 g/mol. The van der Waals surface area contributed by atoms with Crippen molar-refractivity contribution >= 4 is 52.7 Å². The smallest absolute Gasteiger partial charge is 0.124 e. The van der Waals surface area contributed by atoms with E-state index in [9.17, 15) is 4.79 Å². The first-order valence-electron chi connectivity index (χ1n) is 5.40. The van der Waals surface area contributed by atoms with Crippen molar-refractivity contribution in [3.63, 3.8) is 0 Å². The van der Waals surface area contributed by atoms with E-state index < -0.39 is 0 Å². The molecule has 0 aliphatic rings. The number of benzene rings is 2. The molecule has 0 heterocycles. The molecular formula is C14H8Cl4O. The van der Waals surface area contributed by atoms with Crippen LogP contribution in [0.2, 0.25) is 20.1 Å². The Hall–Kier alpha value is -0.730. The second kappa shape index (κ2) is 6.15.